The van der Waals surface area contributed by atoms with E-state index in [-0.39, 0.29) is 11.9 Å². The molecule has 1 heterocycles. The summed E-state index contributed by atoms with van der Waals surface area (Å²) in [5.41, 5.74) is 0.902. The molecule has 1 aliphatic carbocycles. The van der Waals surface area contributed by atoms with Crippen LogP contribution in [0.3, 0.4) is 0 Å². The molecule has 108 valence electrons. The average Bonchev–Trinajstić information content (AvgIpc) is 2.89. The Morgan fingerprint density at radius 3 is 2.65 bits per heavy atom. The molecular weight excluding hydrogens is 254 g/mol. The predicted molar refractivity (Wildman–Crippen MR) is 77.8 cm³/mol. The summed E-state index contributed by atoms with van der Waals surface area (Å²) in [7, 11) is 1.66. The van der Waals surface area contributed by atoms with E-state index in [0.717, 1.165) is 24.3 Å². The molecule has 4 nitrogen and oxygen atoms in total. The van der Waals surface area contributed by atoms with Gasteiger partial charge in [0.25, 0.3) is 0 Å². The van der Waals surface area contributed by atoms with Crippen LogP contribution in [0, 0.1) is 0 Å². The van der Waals surface area contributed by atoms with Gasteiger partial charge in [0.15, 0.2) is 5.79 Å². The minimum atomic E-state index is -0.325. The van der Waals surface area contributed by atoms with Crippen molar-refractivity contribution in [1.29, 1.82) is 0 Å². The Balaban J connectivity index is 1.59. The maximum atomic E-state index is 6.06. The molecule has 1 aromatic rings. The van der Waals surface area contributed by atoms with Gasteiger partial charge in [-0.3, -0.25) is 4.99 Å². The molecule has 0 aromatic heterocycles. The van der Waals surface area contributed by atoms with Crippen LogP contribution in [0.2, 0.25) is 0 Å². The first kappa shape index (κ1) is 13.6. The highest BCUT2D eigenvalue weighted by Crippen LogP contribution is 2.37. The normalized spacial score (nSPS) is 25.4. The van der Waals surface area contributed by atoms with Gasteiger partial charge in [-0.2, -0.15) is 0 Å². The van der Waals surface area contributed by atoms with Crippen LogP contribution in [-0.4, -0.2) is 31.8 Å². The van der Waals surface area contributed by atoms with Crippen LogP contribution < -0.4 is 4.74 Å². The van der Waals surface area contributed by atoms with Crippen LogP contribution in [0.25, 0.3) is 0 Å². The summed E-state index contributed by atoms with van der Waals surface area (Å²) < 4.78 is 17.1. The van der Waals surface area contributed by atoms with E-state index in [1.807, 2.05) is 30.5 Å². The van der Waals surface area contributed by atoms with Crippen LogP contribution in [0.5, 0.6) is 5.75 Å². The number of ether oxygens (including phenoxy) is 3. The lowest BCUT2D eigenvalue weighted by Gasteiger charge is -2.31. The van der Waals surface area contributed by atoms with Gasteiger partial charge in [-0.25, -0.2) is 0 Å². The van der Waals surface area contributed by atoms with Crippen molar-refractivity contribution in [2.75, 3.05) is 13.7 Å². The van der Waals surface area contributed by atoms with E-state index in [4.69, 9.17) is 14.2 Å². The summed E-state index contributed by atoms with van der Waals surface area (Å²) in [4.78, 5) is 4.46. The van der Waals surface area contributed by atoms with Gasteiger partial charge in [0.1, 0.15) is 11.9 Å². The fourth-order valence-corrected chi connectivity index (χ4v) is 2.84. The van der Waals surface area contributed by atoms with Gasteiger partial charge in [-0.15, -0.1) is 0 Å². The number of nitrogens with zero attached hydrogens (tertiary/aromatic N) is 1. The molecule has 1 saturated heterocycles. The van der Waals surface area contributed by atoms with Gasteiger partial charge in [-0.1, -0.05) is 6.42 Å². The Labute approximate surface area is 119 Å². The molecule has 0 unspecified atom stereocenters. The largest absolute Gasteiger partial charge is 0.497 e. The minimum Gasteiger partial charge on any atom is -0.497 e. The first-order valence-electron chi connectivity index (χ1n) is 7.30. The maximum absolute atomic E-state index is 6.06. The number of methoxy groups -OCH3 is 1. The molecule has 2 aliphatic rings. The summed E-state index contributed by atoms with van der Waals surface area (Å²) in [5, 5.41) is 0. The van der Waals surface area contributed by atoms with Gasteiger partial charge in [0.05, 0.1) is 19.4 Å². The van der Waals surface area contributed by atoms with Crippen molar-refractivity contribution in [3.05, 3.63) is 24.3 Å². The molecule has 0 N–H and O–H groups in total. The summed E-state index contributed by atoms with van der Waals surface area (Å²) in [5.74, 6) is 0.514. The number of hydrogen-bond acceptors (Lipinski definition) is 4. The lowest BCUT2D eigenvalue weighted by atomic mass is 9.94. The average molecular weight is 275 g/mol. The van der Waals surface area contributed by atoms with E-state index in [2.05, 4.69) is 4.99 Å². The van der Waals surface area contributed by atoms with Crippen molar-refractivity contribution in [2.24, 2.45) is 4.99 Å². The lowest BCUT2D eigenvalue weighted by molar-refractivity contribution is -0.181. The van der Waals surface area contributed by atoms with Crippen molar-refractivity contribution in [3.63, 3.8) is 0 Å². The third-order valence-electron chi connectivity index (χ3n) is 3.95. The summed E-state index contributed by atoms with van der Waals surface area (Å²) in [6.45, 7) is 0.611. The highest BCUT2D eigenvalue weighted by molar-refractivity contribution is 5.68. The molecule has 0 bridgehead atoms. The van der Waals surface area contributed by atoms with E-state index in [0.29, 0.717) is 6.61 Å². The van der Waals surface area contributed by atoms with Crippen molar-refractivity contribution in [2.45, 2.75) is 44.0 Å². The number of benzene rings is 1. The van der Waals surface area contributed by atoms with Crippen LogP contribution in [0.4, 0.5) is 5.69 Å². The van der Waals surface area contributed by atoms with E-state index in [1.54, 1.807) is 7.11 Å². The minimum absolute atomic E-state index is 0.0322. The molecule has 3 rings (SSSR count). The van der Waals surface area contributed by atoms with Crippen LogP contribution in [-0.2, 0) is 9.47 Å². The zero-order valence-corrected chi connectivity index (χ0v) is 11.9. The molecule has 20 heavy (non-hydrogen) atoms. The van der Waals surface area contributed by atoms with E-state index in [1.165, 1.54) is 19.3 Å². The monoisotopic (exact) mass is 275 g/mol. The first-order valence-corrected chi connectivity index (χ1v) is 7.30. The molecule has 0 radical (unpaired) electrons. The third-order valence-corrected chi connectivity index (χ3v) is 3.95. The highest BCUT2D eigenvalue weighted by Gasteiger charge is 2.41. The van der Waals surface area contributed by atoms with Gasteiger partial charge in [-0.05, 0) is 37.1 Å². The second kappa shape index (κ2) is 5.94. The lowest BCUT2D eigenvalue weighted by Crippen LogP contribution is -2.33. The first-order chi connectivity index (χ1) is 9.80. The van der Waals surface area contributed by atoms with Crippen molar-refractivity contribution in [3.8, 4) is 5.75 Å². The number of rotatable bonds is 3. The van der Waals surface area contributed by atoms with E-state index < -0.39 is 0 Å². The van der Waals surface area contributed by atoms with Crippen molar-refractivity contribution >= 4 is 11.9 Å². The van der Waals surface area contributed by atoms with Gasteiger partial charge in [0.2, 0.25) is 0 Å². The van der Waals surface area contributed by atoms with Gasteiger partial charge < -0.3 is 14.2 Å². The van der Waals surface area contributed by atoms with E-state index >= 15 is 0 Å². The molecule has 1 spiro atoms. The van der Waals surface area contributed by atoms with Crippen molar-refractivity contribution in [1.82, 2.24) is 0 Å². The van der Waals surface area contributed by atoms with Crippen LogP contribution in [0.1, 0.15) is 32.1 Å². The SMILES string of the molecule is COc1ccc(N=C[C@H]2COC3(CCCCC3)O2)cc1. The number of hydrogen-bond donors (Lipinski definition) is 0. The predicted octanol–water partition coefficient (Wildman–Crippen LogP) is 3.47. The highest BCUT2D eigenvalue weighted by atomic mass is 16.7. The van der Waals surface area contributed by atoms with Gasteiger partial charge in [0, 0.05) is 19.1 Å². The zero-order valence-electron chi connectivity index (χ0n) is 11.9. The molecule has 2 fully saturated rings. The standard InChI is InChI=1S/C16H21NO3/c1-18-14-7-5-13(6-8-14)17-11-15-12-19-16(20-15)9-3-2-4-10-16/h5-8,11,15H,2-4,9-10,12H2,1H3/t15-/m0/s1. The Bertz CT molecular complexity index is 463. The smallest absolute Gasteiger partial charge is 0.169 e. The molecule has 1 aromatic carbocycles. The summed E-state index contributed by atoms with van der Waals surface area (Å²) >= 11 is 0. The Morgan fingerprint density at radius 1 is 1.20 bits per heavy atom. The molecule has 1 aliphatic heterocycles. The Morgan fingerprint density at radius 2 is 1.95 bits per heavy atom. The second-order valence-electron chi connectivity index (χ2n) is 5.41. The molecule has 0 amide bonds. The summed E-state index contributed by atoms with van der Waals surface area (Å²) in [6, 6.07) is 7.67. The third kappa shape index (κ3) is 3.02. The quantitative estimate of drug-likeness (QED) is 0.793. The zero-order chi connectivity index (χ0) is 13.8. The van der Waals surface area contributed by atoms with Gasteiger partial charge >= 0.3 is 0 Å². The van der Waals surface area contributed by atoms with Crippen LogP contribution >= 0.6 is 0 Å². The second-order valence-corrected chi connectivity index (χ2v) is 5.41. The Kier molecular flexibility index (Phi) is 4.03. The van der Waals surface area contributed by atoms with E-state index in [9.17, 15) is 0 Å². The topological polar surface area (TPSA) is 40.0 Å². The fraction of sp³-hybridized carbons (Fsp3) is 0.562. The Hall–Kier alpha value is -1.39. The van der Waals surface area contributed by atoms with Crippen molar-refractivity contribution < 1.29 is 14.2 Å². The molecule has 4 heteroatoms. The number of aliphatic imine (C=N–C) groups is 1. The molecular formula is C16H21NO3. The van der Waals surface area contributed by atoms with Crippen LogP contribution in [0.15, 0.2) is 29.3 Å². The fourth-order valence-electron chi connectivity index (χ4n) is 2.84. The molecule has 1 saturated carbocycles. The summed E-state index contributed by atoms with van der Waals surface area (Å²) in [6.07, 6.45) is 7.53. The maximum Gasteiger partial charge on any atom is 0.169 e. The molecule has 1 atom stereocenters.